The van der Waals surface area contributed by atoms with E-state index in [1.165, 1.54) is 37.9 Å². The smallest absolute Gasteiger partial charge is 0.127 e. The van der Waals surface area contributed by atoms with Crippen molar-refractivity contribution >= 4 is 32.3 Å². The first-order valence-electron chi connectivity index (χ1n) is 7.18. The van der Waals surface area contributed by atoms with Gasteiger partial charge in [-0.25, -0.2) is 0 Å². The molecule has 0 unspecified atom stereocenters. The molecule has 0 spiro atoms. The van der Waals surface area contributed by atoms with Crippen LogP contribution in [0.4, 0.5) is 0 Å². The van der Waals surface area contributed by atoms with Gasteiger partial charge in [-0.2, -0.15) is 0 Å². The summed E-state index contributed by atoms with van der Waals surface area (Å²) >= 11 is 0. The van der Waals surface area contributed by atoms with E-state index in [1.807, 2.05) is 6.08 Å². The van der Waals surface area contributed by atoms with Gasteiger partial charge in [0.1, 0.15) is 5.75 Å². The van der Waals surface area contributed by atoms with Crippen LogP contribution in [0.15, 0.2) is 61.2 Å². The molecular formula is C20H16O. The number of benzene rings is 4. The fraction of sp³-hybridized carbons (Fsp3) is 0.100. The van der Waals surface area contributed by atoms with E-state index in [2.05, 4.69) is 55.1 Å². The average molecular weight is 272 g/mol. The number of methoxy groups -OCH3 is 1. The van der Waals surface area contributed by atoms with Gasteiger partial charge >= 0.3 is 0 Å². The second-order valence-corrected chi connectivity index (χ2v) is 5.41. The normalized spacial score (nSPS) is 11.5. The minimum atomic E-state index is 0.872. The van der Waals surface area contributed by atoms with Gasteiger partial charge in [0, 0.05) is 10.8 Å². The van der Waals surface area contributed by atoms with E-state index in [9.17, 15) is 0 Å². The van der Waals surface area contributed by atoms with Gasteiger partial charge in [0.05, 0.1) is 7.11 Å². The van der Waals surface area contributed by atoms with Crippen molar-refractivity contribution in [1.29, 1.82) is 0 Å². The fourth-order valence-electron chi connectivity index (χ4n) is 3.35. The van der Waals surface area contributed by atoms with Gasteiger partial charge in [-0.15, -0.1) is 6.58 Å². The minimum absolute atomic E-state index is 0.872. The molecule has 4 aromatic rings. The van der Waals surface area contributed by atoms with Gasteiger partial charge in [-0.3, -0.25) is 0 Å². The maximum Gasteiger partial charge on any atom is 0.127 e. The maximum atomic E-state index is 5.64. The van der Waals surface area contributed by atoms with Crippen LogP contribution in [0.25, 0.3) is 32.3 Å². The molecule has 0 radical (unpaired) electrons. The van der Waals surface area contributed by atoms with E-state index in [0.29, 0.717) is 0 Å². The lowest BCUT2D eigenvalue weighted by Crippen LogP contribution is -1.92. The molecule has 0 saturated heterocycles. The fourth-order valence-corrected chi connectivity index (χ4v) is 3.35. The first-order chi connectivity index (χ1) is 10.3. The third kappa shape index (κ3) is 1.64. The Bertz CT molecular complexity index is 966. The molecule has 0 aliphatic carbocycles. The SMILES string of the molecule is C=CCc1ccc2ccc3cccc4c(OC)cc1c2c34. The molecule has 0 heterocycles. The predicted octanol–water partition coefficient (Wildman–Crippen LogP) is 5.32. The Labute approximate surface area is 123 Å². The molecule has 4 aromatic carbocycles. The van der Waals surface area contributed by atoms with Crippen molar-refractivity contribution in [3.63, 3.8) is 0 Å². The summed E-state index contributed by atoms with van der Waals surface area (Å²) in [5.74, 6) is 0.942. The summed E-state index contributed by atoms with van der Waals surface area (Å²) in [6.07, 6.45) is 2.83. The molecule has 21 heavy (non-hydrogen) atoms. The van der Waals surface area contributed by atoms with Gasteiger partial charge in [-0.1, -0.05) is 48.5 Å². The van der Waals surface area contributed by atoms with Crippen LogP contribution in [-0.4, -0.2) is 7.11 Å². The van der Waals surface area contributed by atoms with Crippen molar-refractivity contribution in [2.75, 3.05) is 7.11 Å². The van der Waals surface area contributed by atoms with Crippen molar-refractivity contribution < 1.29 is 4.74 Å². The van der Waals surface area contributed by atoms with E-state index in [1.54, 1.807) is 7.11 Å². The monoisotopic (exact) mass is 272 g/mol. The van der Waals surface area contributed by atoms with Gasteiger partial charge < -0.3 is 4.74 Å². The Morgan fingerprint density at radius 1 is 0.952 bits per heavy atom. The predicted molar refractivity (Wildman–Crippen MR) is 90.6 cm³/mol. The second-order valence-electron chi connectivity index (χ2n) is 5.41. The van der Waals surface area contributed by atoms with Gasteiger partial charge in [0.25, 0.3) is 0 Å². The molecular weight excluding hydrogens is 256 g/mol. The van der Waals surface area contributed by atoms with Crippen molar-refractivity contribution in [3.05, 3.63) is 66.7 Å². The molecule has 0 fully saturated rings. The lowest BCUT2D eigenvalue weighted by Gasteiger charge is -2.16. The summed E-state index contributed by atoms with van der Waals surface area (Å²) in [4.78, 5) is 0. The lowest BCUT2D eigenvalue weighted by molar-refractivity contribution is 0.420. The van der Waals surface area contributed by atoms with Crippen LogP contribution in [0, 0.1) is 0 Å². The third-order valence-electron chi connectivity index (χ3n) is 4.28. The lowest BCUT2D eigenvalue weighted by atomic mass is 9.90. The summed E-state index contributed by atoms with van der Waals surface area (Å²) in [5.41, 5.74) is 1.30. The zero-order valence-corrected chi connectivity index (χ0v) is 12.0. The Kier molecular flexibility index (Phi) is 2.61. The van der Waals surface area contributed by atoms with Crippen LogP contribution in [-0.2, 0) is 6.42 Å². The van der Waals surface area contributed by atoms with Crippen LogP contribution in [0.1, 0.15) is 5.56 Å². The second kappa shape index (κ2) is 4.49. The Morgan fingerprint density at radius 2 is 1.67 bits per heavy atom. The van der Waals surface area contributed by atoms with Gasteiger partial charge in [0.15, 0.2) is 0 Å². The van der Waals surface area contributed by atoms with E-state index in [0.717, 1.165) is 12.2 Å². The van der Waals surface area contributed by atoms with Crippen molar-refractivity contribution in [3.8, 4) is 5.75 Å². The number of allylic oxidation sites excluding steroid dienone is 1. The van der Waals surface area contributed by atoms with Crippen LogP contribution in [0.5, 0.6) is 5.75 Å². The highest BCUT2D eigenvalue weighted by molar-refractivity contribution is 6.25. The molecule has 102 valence electrons. The summed E-state index contributed by atoms with van der Waals surface area (Å²) in [6, 6.07) is 17.4. The summed E-state index contributed by atoms with van der Waals surface area (Å²) in [5, 5.41) is 7.64. The number of rotatable bonds is 3. The molecule has 0 bridgehead atoms. The number of hydrogen-bond acceptors (Lipinski definition) is 1. The zero-order chi connectivity index (χ0) is 14.4. The van der Waals surface area contributed by atoms with Crippen LogP contribution in [0.2, 0.25) is 0 Å². The first kappa shape index (κ1) is 12.2. The molecule has 0 amide bonds. The largest absolute Gasteiger partial charge is 0.496 e. The molecule has 0 N–H and O–H groups in total. The van der Waals surface area contributed by atoms with Crippen molar-refractivity contribution in [2.24, 2.45) is 0 Å². The van der Waals surface area contributed by atoms with E-state index < -0.39 is 0 Å². The topological polar surface area (TPSA) is 9.23 Å². The molecule has 0 atom stereocenters. The quantitative estimate of drug-likeness (QED) is 0.362. The summed E-state index contributed by atoms with van der Waals surface area (Å²) < 4.78 is 5.64. The Morgan fingerprint density at radius 3 is 2.43 bits per heavy atom. The van der Waals surface area contributed by atoms with Gasteiger partial charge in [-0.05, 0) is 39.6 Å². The Balaban J connectivity index is 2.32. The highest BCUT2D eigenvalue weighted by Crippen LogP contribution is 2.40. The van der Waals surface area contributed by atoms with Crippen LogP contribution in [0.3, 0.4) is 0 Å². The van der Waals surface area contributed by atoms with E-state index in [-0.39, 0.29) is 0 Å². The average Bonchev–Trinajstić information content (AvgIpc) is 2.54. The van der Waals surface area contributed by atoms with E-state index in [4.69, 9.17) is 4.74 Å². The third-order valence-corrected chi connectivity index (χ3v) is 4.28. The van der Waals surface area contributed by atoms with Crippen molar-refractivity contribution in [1.82, 2.24) is 0 Å². The molecule has 0 aliphatic rings. The van der Waals surface area contributed by atoms with Crippen LogP contribution < -0.4 is 4.74 Å². The highest BCUT2D eigenvalue weighted by atomic mass is 16.5. The zero-order valence-electron chi connectivity index (χ0n) is 12.0. The first-order valence-corrected chi connectivity index (χ1v) is 7.18. The molecule has 0 aliphatic heterocycles. The summed E-state index contributed by atoms with van der Waals surface area (Å²) in [6.45, 7) is 3.88. The number of hydrogen-bond donors (Lipinski definition) is 0. The molecule has 1 heteroatoms. The maximum absolute atomic E-state index is 5.64. The molecule has 1 nitrogen and oxygen atoms in total. The van der Waals surface area contributed by atoms with Gasteiger partial charge in [0.2, 0.25) is 0 Å². The molecule has 4 rings (SSSR count). The van der Waals surface area contributed by atoms with E-state index >= 15 is 0 Å². The van der Waals surface area contributed by atoms with Crippen molar-refractivity contribution in [2.45, 2.75) is 6.42 Å². The molecule has 0 saturated carbocycles. The summed E-state index contributed by atoms with van der Waals surface area (Å²) in [7, 11) is 1.74. The minimum Gasteiger partial charge on any atom is -0.496 e. The van der Waals surface area contributed by atoms with Crippen LogP contribution >= 0.6 is 0 Å². The molecule has 0 aromatic heterocycles. The number of ether oxygens (including phenoxy) is 1. The standard InChI is InChI=1S/C20H16O/c1-3-5-13-8-9-15-11-10-14-6-4-7-16-18(21-2)12-17(13)20(15)19(14)16/h3-4,6-12H,1,5H2,2H3. The Hall–Kier alpha value is -2.54. The highest BCUT2D eigenvalue weighted by Gasteiger charge is 2.13.